The predicted octanol–water partition coefficient (Wildman–Crippen LogP) is 4.75. The van der Waals surface area contributed by atoms with E-state index in [2.05, 4.69) is 5.32 Å². The summed E-state index contributed by atoms with van der Waals surface area (Å²) in [6.45, 7) is -0.279. The SMILES string of the molecule is CN(CC(=O)Nc1cccc(Cl)c1)C(=O)c1cc([N+](=O)[O-])ccc1Oc1ccccc1. The van der Waals surface area contributed by atoms with Crippen molar-refractivity contribution < 1.29 is 19.2 Å². The summed E-state index contributed by atoms with van der Waals surface area (Å²) < 4.78 is 5.74. The van der Waals surface area contributed by atoms with Gasteiger partial charge in [0, 0.05) is 29.9 Å². The highest BCUT2D eigenvalue weighted by Crippen LogP contribution is 2.29. The maximum Gasteiger partial charge on any atom is 0.270 e. The van der Waals surface area contributed by atoms with Crippen LogP contribution < -0.4 is 10.1 Å². The number of benzene rings is 3. The van der Waals surface area contributed by atoms with E-state index in [0.717, 1.165) is 11.0 Å². The molecule has 0 aliphatic rings. The topological polar surface area (TPSA) is 102 Å². The number of nitro benzene ring substituents is 1. The summed E-state index contributed by atoms with van der Waals surface area (Å²) in [6.07, 6.45) is 0. The number of hydrogen-bond donors (Lipinski definition) is 1. The Balaban J connectivity index is 1.80. The smallest absolute Gasteiger partial charge is 0.270 e. The molecule has 0 spiro atoms. The van der Waals surface area contributed by atoms with E-state index in [1.54, 1.807) is 54.6 Å². The van der Waals surface area contributed by atoms with Gasteiger partial charge in [-0.2, -0.15) is 0 Å². The third-order valence-electron chi connectivity index (χ3n) is 4.21. The number of anilines is 1. The van der Waals surface area contributed by atoms with Crippen LogP contribution in [0, 0.1) is 10.1 Å². The number of nitrogens with zero attached hydrogens (tertiary/aromatic N) is 2. The molecule has 0 atom stereocenters. The van der Waals surface area contributed by atoms with Crippen LogP contribution in [0.25, 0.3) is 0 Å². The largest absolute Gasteiger partial charge is 0.457 e. The van der Waals surface area contributed by atoms with E-state index in [1.807, 2.05) is 0 Å². The molecule has 0 aliphatic carbocycles. The zero-order valence-electron chi connectivity index (χ0n) is 16.4. The lowest BCUT2D eigenvalue weighted by Crippen LogP contribution is -2.35. The van der Waals surface area contributed by atoms with Crippen LogP contribution in [0.15, 0.2) is 72.8 Å². The predicted molar refractivity (Wildman–Crippen MR) is 117 cm³/mol. The fourth-order valence-corrected chi connectivity index (χ4v) is 2.95. The van der Waals surface area contributed by atoms with Gasteiger partial charge in [0.1, 0.15) is 11.5 Å². The van der Waals surface area contributed by atoms with E-state index >= 15 is 0 Å². The molecule has 0 bridgehead atoms. The Bertz CT molecular complexity index is 1120. The van der Waals surface area contributed by atoms with Crippen LogP contribution in [0.4, 0.5) is 11.4 Å². The highest BCUT2D eigenvalue weighted by atomic mass is 35.5. The van der Waals surface area contributed by atoms with Crippen LogP contribution >= 0.6 is 11.6 Å². The van der Waals surface area contributed by atoms with Crippen molar-refractivity contribution in [2.24, 2.45) is 0 Å². The first-order chi connectivity index (χ1) is 14.8. The van der Waals surface area contributed by atoms with Gasteiger partial charge in [-0.1, -0.05) is 35.9 Å². The number of carbonyl (C=O) groups is 2. The number of amides is 2. The number of non-ortho nitro benzene ring substituents is 1. The average Bonchev–Trinajstić information content (AvgIpc) is 2.74. The Kier molecular flexibility index (Phi) is 6.84. The molecule has 3 rings (SSSR count). The van der Waals surface area contributed by atoms with E-state index < -0.39 is 16.7 Å². The number of ether oxygens (including phenoxy) is 1. The molecule has 31 heavy (non-hydrogen) atoms. The molecule has 0 saturated carbocycles. The standard InChI is InChI=1S/C22H18ClN3O5/c1-25(14-21(27)24-16-7-5-6-15(23)12-16)22(28)19-13-17(26(29)30)10-11-20(19)31-18-8-3-2-4-9-18/h2-13H,14H2,1H3,(H,24,27). The maximum absolute atomic E-state index is 13.0. The molecule has 0 aliphatic heterocycles. The maximum atomic E-state index is 13.0. The third-order valence-corrected chi connectivity index (χ3v) is 4.45. The first-order valence-corrected chi connectivity index (χ1v) is 9.53. The second-order valence-electron chi connectivity index (χ2n) is 6.57. The van der Waals surface area contributed by atoms with Gasteiger partial charge in [0.25, 0.3) is 11.6 Å². The van der Waals surface area contributed by atoms with Crippen molar-refractivity contribution in [3.8, 4) is 11.5 Å². The lowest BCUT2D eigenvalue weighted by atomic mass is 10.1. The zero-order valence-corrected chi connectivity index (χ0v) is 17.2. The van der Waals surface area contributed by atoms with Gasteiger partial charge in [-0.15, -0.1) is 0 Å². The van der Waals surface area contributed by atoms with Crippen LogP contribution in [-0.4, -0.2) is 35.2 Å². The average molecular weight is 440 g/mol. The van der Waals surface area contributed by atoms with Gasteiger partial charge in [0.2, 0.25) is 5.91 Å². The summed E-state index contributed by atoms with van der Waals surface area (Å²) in [4.78, 5) is 37.1. The number of para-hydroxylation sites is 1. The summed E-state index contributed by atoms with van der Waals surface area (Å²) in [7, 11) is 1.42. The van der Waals surface area contributed by atoms with Crippen molar-refractivity contribution >= 4 is 34.8 Å². The molecule has 0 aromatic heterocycles. The fraction of sp³-hybridized carbons (Fsp3) is 0.0909. The van der Waals surface area contributed by atoms with Crippen molar-refractivity contribution in [1.29, 1.82) is 0 Å². The molecule has 1 N–H and O–H groups in total. The van der Waals surface area contributed by atoms with Crippen molar-refractivity contribution in [3.05, 3.63) is 93.5 Å². The number of nitro groups is 1. The first kappa shape index (κ1) is 21.8. The zero-order chi connectivity index (χ0) is 22.4. The third kappa shape index (κ3) is 5.80. The van der Waals surface area contributed by atoms with Crippen LogP contribution in [-0.2, 0) is 4.79 Å². The summed E-state index contributed by atoms with van der Waals surface area (Å²) in [6, 6.07) is 19.0. The van der Waals surface area contributed by atoms with E-state index in [9.17, 15) is 19.7 Å². The van der Waals surface area contributed by atoms with E-state index in [0.29, 0.717) is 16.5 Å². The second kappa shape index (κ2) is 9.73. The minimum atomic E-state index is -0.602. The normalized spacial score (nSPS) is 10.3. The Hall–Kier alpha value is -3.91. The summed E-state index contributed by atoms with van der Waals surface area (Å²) in [5, 5.41) is 14.3. The van der Waals surface area contributed by atoms with Gasteiger partial charge in [0.15, 0.2) is 0 Å². The van der Waals surface area contributed by atoms with Gasteiger partial charge >= 0.3 is 0 Å². The van der Waals surface area contributed by atoms with Gasteiger partial charge in [-0.05, 0) is 36.4 Å². The Morgan fingerprint density at radius 3 is 2.48 bits per heavy atom. The lowest BCUT2D eigenvalue weighted by molar-refractivity contribution is -0.384. The van der Waals surface area contributed by atoms with Crippen LogP contribution in [0.2, 0.25) is 5.02 Å². The molecular formula is C22H18ClN3O5. The van der Waals surface area contributed by atoms with Crippen LogP contribution in [0.3, 0.4) is 0 Å². The lowest BCUT2D eigenvalue weighted by Gasteiger charge is -2.19. The molecule has 0 heterocycles. The molecule has 3 aromatic carbocycles. The minimum absolute atomic E-state index is 0.0314. The highest BCUT2D eigenvalue weighted by molar-refractivity contribution is 6.30. The van der Waals surface area contributed by atoms with E-state index in [1.165, 1.54) is 19.2 Å². The monoisotopic (exact) mass is 439 g/mol. The number of hydrogen-bond acceptors (Lipinski definition) is 5. The van der Waals surface area contributed by atoms with E-state index in [-0.39, 0.29) is 23.5 Å². The number of carbonyl (C=O) groups excluding carboxylic acids is 2. The molecule has 0 unspecified atom stereocenters. The van der Waals surface area contributed by atoms with Gasteiger partial charge < -0.3 is 15.0 Å². The molecule has 0 fully saturated rings. The van der Waals surface area contributed by atoms with Crippen molar-refractivity contribution in [3.63, 3.8) is 0 Å². The number of likely N-dealkylation sites (N-methyl/N-ethyl adjacent to an activating group) is 1. The van der Waals surface area contributed by atoms with Crippen molar-refractivity contribution in [2.45, 2.75) is 0 Å². The van der Waals surface area contributed by atoms with Crippen LogP contribution in [0.1, 0.15) is 10.4 Å². The molecule has 9 heteroatoms. The number of halogens is 1. The number of nitrogens with one attached hydrogen (secondary N) is 1. The van der Waals surface area contributed by atoms with Crippen LogP contribution in [0.5, 0.6) is 11.5 Å². The molecule has 0 radical (unpaired) electrons. The van der Waals surface area contributed by atoms with E-state index in [4.69, 9.17) is 16.3 Å². The highest BCUT2D eigenvalue weighted by Gasteiger charge is 2.23. The summed E-state index contributed by atoms with van der Waals surface area (Å²) >= 11 is 5.90. The molecule has 3 aromatic rings. The molecule has 158 valence electrons. The quantitative estimate of drug-likeness (QED) is 0.422. The van der Waals surface area contributed by atoms with Crippen molar-refractivity contribution in [2.75, 3.05) is 18.9 Å². The first-order valence-electron chi connectivity index (χ1n) is 9.15. The summed E-state index contributed by atoms with van der Waals surface area (Å²) in [5.41, 5.74) is 0.193. The molecular weight excluding hydrogens is 422 g/mol. The summed E-state index contributed by atoms with van der Waals surface area (Å²) in [5.74, 6) is -0.444. The van der Waals surface area contributed by atoms with Gasteiger partial charge in [0.05, 0.1) is 17.0 Å². The fourth-order valence-electron chi connectivity index (χ4n) is 2.76. The van der Waals surface area contributed by atoms with Gasteiger partial charge in [-0.25, -0.2) is 0 Å². The van der Waals surface area contributed by atoms with Gasteiger partial charge in [-0.3, -0.25) is 19.7 Å². The molecule has 8 nitrogen and oxygen atoms in total. The number of rotatable bonds is 7. The Morgan fingerprint density at radius 1 is 1.06 bits per heavy atom. The molecule has 2 amide bonds. The Morgan fingerprint density at radius 2 is 1.81 bits per heavy atom. The molecule has 0 saturated heterocycles. The second-order valence-corrected chi connectivity index (χ2v) is 7.01. The Labute approximate surface area is 183 Å². The van der Waals surface area contributed by atoms with Crippen molar-refractivity contribution in [1.82, 2.24) is 4.90 Å². The minimum Gasteiger partial charge on any atom is -0.457 e.